The predicted molar refractivity (Wildman–Crippen MR) is 116 cm³/mol. The average molecular weight is 491 g/mol. The van der Waals surface area contributed by atoms with Crippen LogP contribution in [0, 0.1) is 0 Å². The first kappa shape index (κ1) is 25.2. The summed E-state index contributed by atoms with van der Waals surface area (Å²) in [6.45, 7) is 8.03. The molecule has 2 aromatic rings. The molecule has 32 heavy (non-hydrogen) atoms. The predicted octanol–water partition coefficient (Wildman–Crippen LogP) is 2.14. The van der Waals surface area contributed by atoms with Crippen molar-refractivity contribution in [3.8, 4) is 0 Å². The van der Waals surface area contributed by atoms with Gasteiger partial charge in [0.1, 0.15) is 24.1 Å². The van der Waals surface area contributed by atoms with Gasteiger partial charge < -0.3 is 24.9 Å². The molecule has 2 aromatic heterocycles. The van der Waals surface area contributed by atoms with Gasteiger partial charge in [0.05, 0.1) is 18.0 Å². The number of fused-ring (bicyclic) bond motifs is 1. The first-order valence-electron chi connectivity index (χ1n) is 10.2. The van der Waals surface area contributed by atoms with E-state index >= 15 is 0 Å². The molecule has 6 atom stereocenters. The summed E-state index contributed by atoms with van der Waals surface area (Å²) in [5.74, 6) is 0. The zero-order chi connectivity index (χ0) is 23.9. The second-order valence-corrected chi connectivity index (χ2v) is 10.5. The van der Waals surface area contributed by atoms with Gasteiger partial charge in [-0.2, -0.15) is 0 Å². The molecule has 3 heterocycles. The number of aliphatic hydroxyl groups excluding tert-OH is 2. The molecule has 13 heteroatoms. The van der Waals surface area contributed by atoms with Crippen LogP contribution in [-0.4, -0.2) is 69.0 Å². The second-order valence-electron chi connectivity index (χ2n) is 8.04. The average Bonchev–Trinajstić information content (AvgIpc) is 3.30. The highest BCUT2D eigenvalue weighted by atomic mass is 35.5. The third kappa shape index (κ3) is 4.36. The summed E-state index contributed by atoms with van der Waals surface area (Å²) in [5.41, 5.74) is -0.590. The second kappa shape index (κ2) is 9.08. The zero-order valence-corrected chi connectivity index (χ0v) is 19.6. The van der Waals surface area contributed by atoms with Gasteiger partial charge in [-0.1, -0.05) is 32.0 Å². The van der Waals surface area contributed by atoms with Crippen LogP contribution in [0.4, 0.5) is 0 Å². The lowest BCUT2D eigenvalue weighted by molar-refractivity contribution is -0.0740. The van der Waals surface area contributed by atoms with Gasteiger partial charge in [0.2, 0.25) is 0 Å². The van der Waals surface area contributed by atoms with E-state index in [9.17, 15) is 24.8 Å². The number of hydrogen-bond donors (Lipinski definition) is 4. The Balaban J connectivity index is 1.88. The van der Waals surface area contributed by atoms with Crippen molar-refractivity contribution >= 4 is 30.4 Å². The van der Waals surface area contributed by atoms with Crippen molar-refractivity contribution in [1.29, 1.82) is 0 Å². The van der Waals surface area contributed by atoms with Crippen molar-refractivity contribution in [2.24, 2.45) is 0 Å². The molecular formula is C19H28ClN4O7P. The van der Waals surface area contributed by atoms with E-state index in [1.54, 1.807) is 13.8 Å². The lowest BCUT2D eigenvalue weighted by atomic mass is 9.88. The van der Waals surface area contributed by atoms with E-state index in [1.165, 1.54) is 17.2 Å². The lowest BCUT2D eigenvalue weighted by Crippen LogP contribution is -2.41. The Labute approximate surface area is 190 Å². The summed E-state index contributed by atoms with van der Waals surface area (Å²) in [7, 11) is -4.55. The van der Waals surface area contributed by atoms with E-state index in [0.29, 0.717) is 11.2 Å². The molecule has 1 saturated heterocycles. The minimum atomic E-state index is -4.55. The van der Waals surface area contributed by atoms with Gasteiger partial charge in [-0.3, -0.25) is 13.7 Å². The van der Waals surface area contributed by atoms with Gasteiger partial charge in [0, 0.05) is 6.42 Å². The molecule has 0 aromatic carbocycles. The number of hydrogen-bond acceptors (Lipinski definition) is 9. The Hall–Kier alpha value is -1.43. The van der Waals surface area contributed by atoms with Crippen LogP contribution in [0.5, 0.6) is 0 Å². The molecule has 3 unspecified atom stereocenters. The number of rotatable bonds is 9. The molecule has 0 spiro atoms. The largest absolute Gasteiger partial charge is 0.388 e. The van der Waals surface area contributed by atoms with E-state index in [1.807, 2.05) is 0 Å². The molecule has 1 fully saturated rings. The minimum absolute atomic E-state index is 0.0190. The summed E-state index contributed by atoms with van der Waals surface area (Å²) in [6, 6.07) is 0. The molecule has 178 valence electrons. The van der Waals surface area contributed by atoms with E-state index in [-0.39, 0.29) is 24.4 Å². The van der Waals surface area contributed by atoms with Gasteiger partial charge in [0.15, 0.2) is 22.4 Å². The van der Waals surface area contributed by atoms with Crippen LogP contribution in [0.3, 0.4) is 0 Å². The van der Waals surface area contributed by atoms with Crippen molar-refractivity contribution in [3.63, 3.8) is 0 Å². The van der Waals surface area contributed by atoms with Crippen molar-refractivity contribution in [2.45, 2.75) is 75.5 Å². The maximum absolute atomic E-state index is 12.8. The van der Waals surface area contributed by atoms with Crippen molar-refractivity contribution in [1.82, 2.24) is 19.5 Å². The summed E-state index contributed by atoms with van der Waals surface area (Å²) in [6.07, 6.45) is -0.527. The first-order chi connectivity index (χ1) is 14.9. The van der Waals surface area contributed by atoms with Gasteiger partial charge >= 0.3 is 7.60 Å². The Morgan fingerprint density at radius 1 is 1.31 bits per heavy atom. The maximum atomic E-state index is 12.8. The van der Waals surface area contributed by atoms with Gasteiger partial charge in [-0.15, -0.1) is 0 Å². The van der Waals surface area contributed by atoms with Crippen LogP contribution in [0.1, 0.15) is 46.3 Å². The first-order valence-corrected chi connectivity index (χ1v) is 12.1. The molecular weight excluding hydrogens is 463 g/mol. The van der Waals surface area contributed by atoms with E-state index < -0.39 is 43.1 Å². The molecule has 0 radical (unpaired) electrons. The molecule has 4 N–H and O–H groups in total. The molecule has 3 rings (SSSR count). The molecule has 0 aliphatic carbocycles. The number of aromatic nitrogens is 4. The van der Waals surface area contributed by atoms with Gasteiger partial charge in [-0.05, 0) is 25.8 Å². The van der Waals surface area contributed by atoms with E-state index in [4.69, 9.17) is 20.9 Å². The molecule has 11 nitrogen and oxygen atoms in total. The van der Waals surface area contributed by atoms with Crippen LogP contribution < -0.4 is 0 Å². The van der Waals surface area contributed by atoms with E-state index in [0.717, 1.165) is 13.0 Å². The molecule has 1 aliphatic rings. The topological polar surface area (TPSA) is 160 Å². The molecule has 0 bridgehead atoms. The van der Waals surface area contributed by atoms with Gasteiger partial charge in [-0.25, -0.2) is 15.0 Å². The molecule has 1 aliphatic heterocycles. The highest BCUT2D eigenvalue weighted by molar-refractivity contribution is 7.54. The zero-order valence-electron chi connectivity index (χ0n) is 18.0. The third-order valence-electron chi connectivity index (χ3n) is 6.06. The Morgan fingerprint density at radius 2 is 1.97 bits per heavy atom. The normalized spacial score (nSPS) is 27.9. The quantitative estimate of drug-likeness (QED) is 0.233. The van der Waals surface area contributed by atoms with Crippen LogP contribution in [0.25, 0.3) is 11.2 Å². The number of imidazole rings is 1. The van der Waals surface area contributed by atoms with E-state index in [2.05, 4.69) is 21.5 Å². The summed E-state index contributed by atoms with van der Waals surface area (Å²) in [4.78, 5) is 22.5. The van der Waals surface area contributed by atoms with Crippen LogP contribution in [0.15, 0.2) is 25.3 Å². The number of nitrogens with zero attached hydrogens (tertiary/aromatic N) is 4. The molecule has 0 amide bonds. The third-order valence-corrected chi connectivity index (χ3v) is 8.30. The van der Waals surface area contributed by atoms with Crippen LogP contribution in [0.2, 0.25) is 5.15 Å². The number of aliphatic hydroxyl groups is 3. The van der Waals surface area contributed by atoms with Gasteiger partial charge in [0.25, 0.3) is 0 Å². The number of ether oxygens (including phenoxy) is 1. The SMILES string of the molecule is C=CC(C)(O)P(=O)(O)OC(CC)(CC)CC1O[C@@H](n2cnc3c(Cl)ncnc32)[C@H](O)[C@@H]1O. The smallest absolute Gasteiger partial charge is 0.363 e. The lowest BCUT2D eigenvalue weighted by Gasteiger charge is -2.38. The maximum Gasteiger partial charge on any atom is 0.363 e. The fraction of sp³-hybridized carbons (Fsp3) is 0.632. The summed E-state index contributed by atoms with van der Waals surface area (Å²) in [5, 5.41) is 29.6. The fourth-order valence-electron chi connectivity index (χ4n) is 3.68. The monoisotopic (exact) mass is 490 g/mol. The highest BCUT2D eigenvalue weighted by Gasteiger charge is 2.51. The van der Waals surface area contributed by atoms with Crippen molar-refractivity contribution in [3.05, 3.63) is 30.5 Å². The Morgan fingerprint density at radius 3 is 2.56 bits per heavy atom. The standard InChI is InChI=1S/C19H28ClN4O7P/c1-5-18(4,27)32(28,29)31-19(6-2,7-3)8-11-13(25)14(26)17(30-11)24-10-23-12-15(20)21-9-22-16(12)24/h5,9-11,13-14,17,25-27H,1,6-8H2,2-4H3,(H,28,29)/t11?,13-,14-,17-,18?/m1/s1. The van der Waals surface area contributed by atoms with Crippen molar-refractivity contribution in [2.75, 3.05) is 0 Å². The fourth-order valence-corrected chi connectivity index (χ4v) is 5.13. The Bertz CT molecular complexity index is 1030. The summed E-state index contributed by atoms with van der Waals surface area (Å²) < 4.78 is 25.8. The highest BCUT2D eigenvalue weighted by Crippen LogP contribution is 2.59. The van der Waals surface area contributed by atoms with Crippen molar-refractivity contribution < 1.29 is 34.0 Å². The van der Waals surface area contributed by atoms with Crippen LogP contribution in [-0.2, 0) is 13.8 Å². The minimum Gasteiger partial charge on any atom is -0.388 e. The summed E-state index contributed by atoms with van der Waals surface area (Å²) >= 11 is 6.03. The van der Waals surface area contributed by atoms with Crippen LogP contribution >= 0.6 is 19.2 Å². The Kier molecular flexibility index (Phi) is 7.15. The number of halogens is 1. The molecule has 0 saturated carbocycles.